The lowest BCUT2D eigenvalue weighted by molar-refractivity contribution is -0.147. The monoisotopic (exact) mass is 384 g/mol. The van der Waals surface area contributed by atoms with Gasteiger partial charge in [0.2, 0.25) is 0 Å². The van der Waals surface area contributed by atoms with E-state index in [1.165, 1.54) is 12.5 Å². The van der Waals surface area contributed by atoms with Crippen LogP contribution >= 0.6 is 0 Å². The molecule has 2 aromatic carbocycles. The van der Waals surface area contributed by atoms with Crippen molar-refractivity contribution in [3.63, 3.8) is 0 Å². The molecule has 0 saturated heterocycles. The lowest BCUT2D eigenvalue weighted by Gasteiger charge is -2.19. The molecule has 150 valence electrons. The van der Waals surface area contributed by atoms with Crippen LogP contribution in [0.5, 0.6) is 23.0 Å². The number of fused-ring (bicyclic) bond motifs is 4. The van der Waals surface area contributed by atoms with Gasteiger partial charge in [-0.1, -0.05) is 12.1 Å². The van der Waals surface area contributed by atoms with Gasteiger partial charge >= 0.3 is 5.97 Å². The minimum Gasteiger partial charge on any atom is -0.493 e. The van der Waals surface area contributed by atoms with E-state index in [9.17, 15) is 4.79 Å². The molecular weight excluding hydrogens is 356 g/mol. The van der Waals surface area contributed by atoms with Gasteiger partial charge in [-0.15, -0.1) is 0 Å². The van der Waals surface area contributed by atoms with Crippen molar-refractivity contribution in [3.05, 3.63) is 47.5 Å². The topological polar surface area (TPSA) is 54.0 Å². The third-order valence-electron chi connectivity index (χ3n) is 5.01. The van der Waals surface area contributed by atoms with E-state index in [0.29, 0.717) is 23.0 Å². The predicted molar refractivity (Wildman–Crippen MR) is 107 cm³/mol. The molecule has 0 radical (unpaired) electrons. The Balaban J connectivity index is 1.94. The van der Waals surface area contributed by atoms with Crippen LogP contribution in [0.25, 0.3) is 0 Å². The minimum absolute atomic E-state index is 0.0571. The van der Waals surface area contributed by atoms with Crippen LogP contribution in [-0.2, 0) is 22.4 Å². The molecular formula is C23H28O5. The van der Waals surface area contributed by atoms with Gasteiger partial charge in [-0.05, 0) is 73.9 Å². The lowest BCUT2D eigenvalue weighted by Crippen LogP contribution is -2.17. The third-order valence-corrected chi connectivity index (χ3v) is 5.01. The number of methoxy groups -OCH3 is 2. The van der Waals surface area contributed by atoms with Gasteiger partial charge in [-0.2, -0.15) is 0 Å². The maximum Gasteiger partial charge on any atom is 0.302 e. The summed E-state index contributed by atoms with van der Waals surface area (Å²) >= 11 is 0. The van der Waals surface area contributed by atoms with Crippen LogP contribution in [0.1, 0.15) is 43.7 Å². The highest BCUT2D eigenvalue weighted by Crippen LogP contribution is 2.38. The largest absolute Gasteiger partial charge is 0.493 e. The van der Waals surface area contributed by atoms with Crippen LogP contribution in [0.4, 0.5) is 0 Å². The van der Waals surface area contributed by atoms with Crippen molar-refractivity contribution >= 4 is 5.97 Å². The highest BCUT2D eigenvalue weighted by Gasteiger charge is 2.16. The first kappa shape index (κ1) is 20.1. The molecule has 5 nitrogen and oxygen atoms in total. The fourth-order valence-corrected chi connectivity index (χ4v) is 3.56. The summed E-state index contributed by atoms with van der Waals surface area (Å²) in [5.41, 5.74) is 2.30. The molecule has 1 heterocycles. The smallest absolute Gasteiger partial charge is 0.302 e. The Hall–Kier alpha value is -2.69. The van der Waals surface area contributed by atoms with Gasteiger partial charge in [0.1, 0.15) is 6.10 Å². The van der Waals surface area contributed by atoms with Gasteiger partial charge in [0.15, 0.2) is 23.0 Å². The Morgan fingerprint density at radius 3 is 2.07 bits per heavy atom. The first-order chi connectivity index (χ1) is 13.6. The fourth-order valence-electron chi connectivity index (χ4n) is 3.56. The number of aryl methyl sites for hydroxylation is 2. The van der Waals surface area contributed by atoms with E-state index in [4.69, 9.17) is 18.9 Å². The van der Waals surface area contributed by atoms with Crippen molar-refractivity contribution in [2.45, 2.75) is 51.6 Å². The van der Waals surface area contributed by atoms with Crippen molar-refractivity contribution in [2.75, 3.05) is 14.2 Å². The van der Waals surface area contributed by atoms with Crippen molar-refractivity contribution in [3.8, 4) is 23.0 Å². The first-order valence-corrected chi connectivity index (χ1v) is 9.78. The maximum atomic E-state index is 11.5. The Kier molecular flexibility index (Phi) is 6.80. The van der Waals surface area contributed by atoms with E-state index in [0.717, 1.165) is 44.1 Å². The zero-order chi connectivity index (χ0) is 19.9. The number of carbonyl (C=O) groups excluding carboxylic acids is 1. The molecule has 0 N–H and O–H groups in total. The molecule has 1 aliphatic heterocycles. The molecule has 0 spiro atoms. The van der Waals surface area contributed by atoms with Crippen LogP contribution in [0.2, 0.25) is 0 Å². The third kappa shape index (κ3) is 5.18. The molecule has 1 atom stereocenters. The average molecular weight is 384 g/mol. The molecule has 28 heavy (non-hydrogen) atoms. The summed E-state index contributed by atoms with van der Waals surface area (Å²) in [6.45, 7) is 1.48. The quantitative estimate of drug-likeness (QED) is 0.690. The SMILES string of the molecule is COc1ccc2cc1Oc1cc(ccc1OC)CCC(OC(C)=O)CCCC2. The lowest BCUT2D eigenvalue weighted by atomic mass is 10.00. The highest BCUT2D eigenvalue weighted by atomic mass is 16.5. The molecule has 0 amide bonds. The zero-order valence-corrected chi connectivity index (χ0v) is 16.8. The molecule has 0 saturated carbocycles. The van der Waals surface area contributed by atoms with Gasteiger partial charge in [-0.3, -0.25) is 4.79 Å². The summed E-state index contributed by atoms with van der Waals surface area (Å²) in [4.78, 5) is 11.5. The number of hydrogen-bond acceptors (Lipinski definition) is 5. The number of hydrogen-bond donors (Lipinski definition) is 0. The Morgan fingerprint density at radius 2 is 1.50 bits per heavy atom. The van der Waals surface area contributed by atoms with Crippen molar-refractivity contribution in [1.82, 2.24) is 0 Å². The van der Waals surface area contributed by atoms with E-state index >= 15 is 0 Å². The van der Waals surface area contributed by atoms with E-state index in [1.807, 2.05) is 30.3 Å². The molecule has 4 bridgehead atoms. The standard InChI is InChI=1S/C23H28O5/c1-16(24)27-19-7-5-4-6-17-9-12-20(25-2)22(14-17)28-23-15-18(8-11-19)10-13-21(23)26-3/h9-10,12-15,19H,4-8,11H2,1-3H3. The molecule has 1 unspecified atom stereocenters. The molecule has 0 aliphatic carbocycles. The van der Waals surface area contributed by atoms with Crippen LogP contribution in [-0.4, -0.2) is 26.3 Å². The van der Waals surface area contributed by atoms with Gasteiger partial charge < -0.3 is 18.9 Å². The second kappa shape index (κ2) is 9.49. The predicted octanol–water partition coefficient (Wildman–Crippen LogP) is 5.09. The average Bonchev–Trinajstić information content (AvgIpc) is 2.68. The molecule has 0 aromatic heterocycles. The zero-order valence-electron chi connectivity index (χ0n) is 16.8. The van der Waals surface area contributed by atoms with Gasteiger partial charge in [-0.25, -0.2) is 0 Å². The van der Waals surface area contributed by atoms with Crippen molar-refractivity contribution in [1.29, 1.82) is 0 Å². The fraction of sp³-hybridized carbons (Fsp3) is 0.435. The van der Waals surface area contributed by atoms with Crippen LogP contribution in [0.15, 0.2) is 36.4 Å². The molecule has 3 rings (SSSR count). The van der Waals surface area contributed by atoms with E-state index in [2.05, 4.69) is 6.07 Å². The van der Waals surface area contributed by atoms with Crippen LogP contribution in [0.3, 0.4) is 0 Å². The second-order valence-electron chi connectivity index (χ2n) is 7.09. The van der Waals surface area contributed by atoms with E-state index < -0.39 is 0 Å². The number of esters is 1. The van der Waals surface area contributed by atoms with Gasteiger partial charge in [0.25, 0.3) is 0 Å². The Bertz CT molecular complexity index is 815. The summed E-state index contributed by atoms with van der Waals surface area (Å²) in [6, 6.07) is 12.0. The maximum absolute atomic E-state index is 11.5. The summed E-state index contributed by atoms with van der Waals surface area (Å²) < 4.78 is 22.7. The van der Waals surface area contributed by atoms with E-state index in [-0.39, 0.29) is 12.1 Å². The normalized spacial score (nSPS) is 17.0. The molecule has 0 fully saturated rings. The number of rotatable bonds is 3. The highest BCUT2D eigenvalue weighted by molar-refractivity contribution is 5.66. The summed E-state index contributed by atoms with van der Waals surface area (Å²) in [5.74, 6) is 2.48. The number of ether oxygens (including phenoxy) is 4. The van der Waals surface area contributed by atoms with Gasteiger partial charge in [0.05, 0.1) is 14.2 Å². The second-order valence-corrected chi connectivity index (χ2v) is 7.09. The first-order valence-electron chi connectivity index (χ1n) is 9.78. The van der Waals surface area contributed by atoms with Crippen molar-refractivity contribution in [2.24, 2.45) is 0 Å². The summed E-state index contributed by atoms with van der Waals surface area (Å²) in [7, 11) is 3.27. The van der Waals surface area contributed by atoms with E-state index in [1.54, 1.807) is 14.2 Å². The Labute approximate surface area is 166 Å². The Morgan fingerprint density at radius 1 is 0.893 bits per heavy atom. The van der Waals surface area contributed by atoms with Gasteiger partial charge in [0, 0.05) is 6.92 Å². The summed E-state index contributed by atoms with van der Waals surface area (Å²) in [5, 5.41) is 0. The van der Waals surface area contributed by atoms with Crippen LogP contribution in [0, 0.1) is 0 Å². The molecule has 5 heteroatoms. The van der Waals surface area contributed by atoms with Crippen molar-refractivity contribution < 1.29 is 23.7 Å². The number of carbonyl (C=O) groups is 1. The summed E-state index contributed by atoms with van der Waals surface area (Å²) in [6.07, 6.45) is 5.38. The molecule has 1 aliphatic rings. The number of benzene rings is 2. The molecule has 2 aromatic rings. The van der Waals surface area contributed by atoms with Crippen LogP contribution < -0.4 is 14.2 Å². The minimum atomic E-state index is -0.218.